The highest BCUT2D eigenvalue weighted by molar-refractivity contribution is 14.1. The standard InChI is InChI=1S/C11H11IO2/c1-8(13)3-4-9-5-6-10(14-2)7-11(9)12/h3-7H,1-2H3/b4-3+. The number of ketones is 1. The lowest BCUT2D eigenvalue weighted by Crippen LogP contribution is -1.87. The van der Waals surface area contributed by atoms with Gasteiger partial charge in [-0.1, -0.05) is 12.1 Å². The van der Waals surface area contributed by atoms with Crippen molar-refractivity contribution in [3.05, 3.63) is 33.4 Å². The van der Waals surface area contributed by atoms with E-state index in [9.17, 15) is 4.79 Å². The Balaban J connectivity index is 2.94. The first kappa shape index (κ1) is 11.2. The summed E-state index contributed by atoms with van der Waals surface area (Å²) in [5.41, 5.74) is 1.03. The molecule has 0 spiro atoms. The lowest BCUT2D eigenvalue weighted by atomic mass is 10.2. The van der Waals surface area contributed by atoms with Gasteiger partial charge in [-0.15, -0.1) is 0 Å². The van der Waals surface area contributed by atoms with Crippen molar-refractivity contribution < 1.29 is 9.53 Å². The maximum absolute atomic E-state index is 10.7. The molecule has 0 radical (unpaired) electrons. The molecule has 2 nitrogen and oxygen atoms in total. The summed E-state index contributed by atoms with van der Waals surface area (Å²) < 4.78 is 6.15. The topological polar surface area (TPSA) is 26.3 Å². The molecule has 0 saturated carbocycles. The zero-order chi connectivity index (χ0) is 10.6. The lowest BCUT2D eigenvalue weighted by Gasteiger charge is -2.02. The molecule has 74 valence electrons. The van der Waals surface area contributed by atoms with E-state index in [0.29, 0.717) is 0 Å². The molecule has 0 aliphatic heterocycles. The van der Waals surface area contributed by atoms with Gasteiger partial charge in [-0.25, -0.2) is 0 Å². The van der Waals surface area contributed by atoms with Crippen molar-refractivity contribution >= 4 is 34.5 Å². The number of halogens is 1. The number of carbonyl (C=O) groups is 1. The maximum atomic E-state index is 10.7. The molecule has 0 atom stereocenters. The first-order valence-electron chi connectivity index (χ1n) is 4.15. The van der Waals surface area contributed by atoms with E-state index in [1.165, 1.54) is 6.92 Å². The first-order chi connectivity index (χ1) is 6.63. The summed E-state index contributed by atoms with van der Waals surface area (Å²) in [6.07, 6.45) is 3.37. The highest BCUT2D eigenvalue weighted by atomic mass is 127. The van der Waals surface area contributed by atoms with Crippen LogP contribution in [0, 0.1) is 3.57 Å². The predicted molar refractivity (Wildman–Crippen MR) is 65.4 cm³/mol. The summed E-state index contributed by atoms with van der Waals surface area (Å²) in [4.78, 5) is 10.7. The van der Waals surface area contributed by atoms with Gasteiger partial charge in [-0.2, -0.15) is 0 Å². The van der Waals surface area contributed by atoms with Crippen LogP contribution in [0.25, 0.3) is 6.08 Å². The van der Waals surface area contributed by atoms with Crippen LogP contribution >= 0.6 is 22.6 Å². The van der Waals surface area contributed by atoms with Crippen LogP contribution in [0.3, 0.4) is 0 Å². The van der Waals surface area contributed by atoms with Gasteiger partial charge >= 0.3 is 0 Å². The minimum atomic E-state index is 0.0524. The summed E-state index contributed by atoms with van der Waals surface area (Å²) in [7, 11) is 1.64. The average molecular weight is 302 g/mol. The van der Waals surface area contributed by atoms with E-state index in [2.05, 4.69) is 22.6 Å². The Hall–Kier alpha value is -0.840. The molecule has 0 amide bonds. The van der Waals surface area contributed by atoms with E-state index in [4.69, 9.17) is 4.74 Å². The van der Waals surface area contributed by atoms with Crippen molar-refractivity contribution in [1.29, 1.82) is 0 Å². The van der Waals surface area contributed by atoms with Crippen molar-refractivity contribution in [1.82, 2.24) is 0 Å². The summed E-state index contributed by atoms with van der Waals surface area (Å²) in [5, 5.41) is 0. The number of rotatable bonds is 3. The molecule has 1 rings (SSSR count). The number of methoxy groups -OCH3 is 1. The minimum Gasteiger partial charge on any atom is -0.497 e. The minimum absolute atomic E-state index is 0.0524. The van der Waals surface area contributed by atoms with Gasteiger partial charge in [0.1, 0.15) is 5.75 Å². The summed E-state index contributed by atoms with van der Waals surface area (Å²) in [6, 6.07) is 5.74. The number of allylic oxidation sites excluding steroid dienone is 1. The van der Waals surface area contributed by atoms with Crippen molar-refractivity contribution in [2.24, 2.45) is 0 Å². The lowest BCUT2D eigenvalue weighted by molar-refractivity contribution is -0.112. The molecule has 0 N–H and O–H groups in total. The van der Waals surface area contributed by atoms with E-state index >= 15 is 0 Å². The van der Waals surface area contributed by atoms with Gasteiger partial charge in [0.25, 0.3) is 0 Å². The SMILES string of the molecule is COc1ccc(/C=C/C(C)=O)c(I)c1. The van der Waals surface area contributed by atoms with E-state index in [1.807, 2.05) is 24.3 Å². The molecule has 0 fully saturated rings. The smallest absolute Gasteiger partial charge is 0.152 e. The van der Waals surface area contributed by atoms with Gasteiger partial charge < -0.3 is 4.74 Å². The Morgan fingerprint density at radius 1 is 1.50 bits per heavy atom. The van der Waals surface area contributed by atoms with Crippen molar-refractivity contribution in [2.45, 2.75) is 6.92 Å². The van der Waals surface area contributed by atoms with Gasteiger partial charge in [-0.05, 0) is 53.3 Å². The molecule has 0 saturated heterocycles. The number of benzene rings is 1. The van der Waals surface area contributed by atoms with Crippen molar-refractivity contribution in [3.63, 3.8) is 0 Å². The zero-order valence-corrected chi connectivity index (χ0v) is 10.2. The average Bonchev–Trinajstić information content (AvgIpc) is 2.15. The van der Waals surface area contributed by atoms with Crippen LogP contribution in [0.4, 0.5) is 0 Å². The third-order valence-electron chi connectivity index (χ3n) is 1.71. The number of carbonyl (C=O) groups excluding carboxylic acids is 1. The molecular formula is C11H11IO2. The third kappa shape index (κ3) is 3.14. The highest BCUT2D eigenvalue weighted by Gasteiger charge is 1.98. The van der Waals surface area contributed by atoms with Crippen LogP contribution in [-0.2, 0) is 4.79 Å². The molecule has 0 heterocycles. The highest BCUT2D eigenvalue weighted by Crippen LogP contribution is 2.20. The Bertz CT molecular complexity index is 370. The fourth-order valence-corrected chi connectivity index (χ4v) is 1.64. The summed E-state index contributed by atoms with van der Waals surface area (Å²) in [6.45, 7) is 1.53. The van der Waals surface area contributed by atoms with E-state index in [0.717, 1.165) is 14.9 Å². The van der Waals surface area contributed by atoms with E-state index in [-0.39, 0.29) is 5.78 Å². The summed E-state index contributed by atoms with van der Waals surface area (Å²) in [5.74, 6) is 0.881. The van der Waals surface area contributed by atoms with Gasteiger partial charge in [-0.3, -0.25) is 4.79 Å². The van der Waals surface area contributed by atoms with Crippen LogP contribution in [0.15, 0.2) is 24.3 Å². The fourth-order valence-electron chi connectivity index (χ4n) is 0.977. The van der Waals surface area contributed by atoms with Gasteiger partial charge in [0.15, 0.2) is 5.78 Å². The zero-order valence-electron chi connectivity index (χ0n) is 8.08. The maximum Gasteiger partial charge on any atom is 0.152 e. The Morgan fingerprint density at radius 2 is 2.21 bits per heavy atom. The van der Waals surface area contributed by atoms with Gasteiger partial charge in [0.05, 0.1) is 7.11 Å². The Labute approximate surface area is 97.1 Å². The monoisotopic (exact) mass is 302 g/mol. The van der Waals surface area contributed by atoms with E-state index in [1.54, 1.807) is 13.2 Å². The molecule has 0 bridgehead atoms. The quantitative estimate of drug-likeness (QED) is 0.634. The van der Waals surface area contributed by atoms with Gasteiger partial charge in [0, 0.05) is 3.57 Å². The molecule has 14 heavy (non-hydrogen) atoms. The second-order valence-electron chi connectivity index (χ2n) is 2.83. The largest absolute Gasteiger partial charge is 0.497 e. The van der Waals surface area contributed by atoms with E-state index < -0.39 is 0 Å². The number of hydrogen-bond acceptors (Lipinski definition) is 2. The summed E-state index contributed by atoms with van der Waals surface area (Å²) >= 11 is 2.21. The molecule has 3 heteroatoms. The fraction of sp³-hybridized carbons (Fsp3) is 0.182. The molecule has 1 aromatic rings. The Morgan fingerprint density at radius 3 is 2.71 bits per heavy atom. The van der Waals surface area contributed by atoms with Crippen LogP contribution in [0.5, 0.6) is 5.75 Å². The van der Waals surface area contributed by atoms with Gasteiger partial charge in [0.2, 0.25) is 0 Å². The number of hydrogen-bond donors (Lipinski definition) is 0. The van der Waals surface area contributed by atoms with Crippen LogP contribution in [0.2, 0.25) is 0 Å². The normalized spacial score (nSPS) is 10.5. The van der Waals surface area contributed by atoms with Crippen molar-refractivity contribution in [3.8, 4) is 5.75 Å². The van der Waals surface area contributed by atoms with Crippen LogP contribution in [0.1, 0.15) is 12.5 Å². The molecule has 0 aliphatic carbocycles. The molecule has 0 aromatic heterocycles. The van der Waals surface area contributed by atoms with Crippen molar-refractivity contribution in [2.75, 3.05) is 7.11 Å². The second-order valence-corrected chi connectivity index (χ2v) is 3.99. The molecule has 1 aromatic carbocycles. The molecule has 0 unspecified atom stereocenters. The number of ether oxygens (including phenoxy) is 1. The predicted octanol–water partition coefficient (Wildman–Crippen LogP) is 2.90. The van der Waals surface area contributed by atoms with Crippen LogP contribution in [-0.4, -0.2) is 12.9 Å². The second kappa shape index (κ2) is 5.14. The molecular weight excluding hydrogens is 291 g/mol. The third-order valence-corrected chi connectivity index (χ3v) is 2.64. The van der Waals surface area contributed by atoms with Crippen LogP contribution < -0.4 is 4.74 Å². The Kier molecular flexibility index (Phi) is 4.13. The first-order valence-corrected chi connectivity index (χ1v) is 5.23. The molecule has 0 aliphatic rings.